The topological polar surface area (TPSA) is 64.0 Å². The average Bonchev–Trinajstić information content (AvgIpc) is 2.98. The maximum absolute atomic E-state index is 12.2. The molecule has 2 atom stereocenters. The van der Waals surface area contributed by atoms with Crippen molar-refractivity contribution in [1.82, 2.24) is 14.9 Å². The van der Waals surface area contributed by atoms with Crippen LogP contribution in [0.25, 0.3) is 10.2 Å². The van der Waals surface area contributed by atoms with E-state index in [0.717, 1.165) is 11.3 Å². The van der Waals surface area contributed by atoms with Gasteiger partial charge in [0.05, 0.1) is 11.7 Å². The Morgan fingerprint density at radius 3 is 3.09 bits per heavy atom. The molecule has 1 fully saturated rings. The van der Waals surface area contributed by atoms with E-state index >= 15 is 0 Å². The van der Waals surface area contributed by atoms with Crippen LogP contribution in [0.5, 0.6) is 0 Å². The van der Waals surface area contributed by atoms with Gasteiger partial charge >= 0.3 is 0 Å². The summed E-state index contributed by atoms with van der Waals surface area (Å²) in [5.41, 5.74) is -0.0647. The highest BCUT2D eigenvalue weighted by Gasteiger charge is 2.22. The van der Waals surface area contributed by atoms with Gasteiger partial charge in [0.2, 0.25) is 5.91 Å². The molecule has 1 aliphatic rings. The van der Waals surface area contributed by atoms with Crippen LogP contribution in [0.3, 0.4) is 0 Å². The second-order valence-electron chi connectivity index (χ2n) is 6.07. The van der Waals surface area contributed by atoms with E-state index in [1.165, 1.54) is 41.5 Å². The van der Waals surface area contributed by atoms with Gasteiger partial charge in [0, 0.05) is 19.0 Å². The largest absolute Gasteiger partial charge is 0.353 e. The zero-order valence-corrected chi connectivity index (χ0v) is 13.6. The molecule has 3 rings (SSSR count). The van der Waals surface area contributed by atoms with Crippen molar-refractivity contribution in [1.29, 1.82) is 0 Å². The molecule has 22 heavy (non-hydrogen) atoms. The average molecular weight is 319 g/mol. The molecule has 2 unspecified atom stereocenters. The smallest absolute Gasteiger partial charge is 0.262 e. The zero-order valence-electron chi connectivity index (χ0n) is 12.7. The molecule has 0 aromatic carbocycles. The van der Waals surface area contributed by atoms with E-state index in [1.807, 2.05) is 5.38 Å². The van der Waals surface area contributed by atoms with Crippen LogP contribution in [-0.2, 0) is 11.3 Å². The number of hydrogen-bond donors (Lipinski definition) is 1. The Morgan fingerprint density at radius 2 is 2.27 bits per heavy atom. The molecule has 1 N–H and O–H groups in total. The van der Waals surface area contributed by atoms with Gasteiger partial charge in [-0.25, -0.2) is 4.98 Å². The zero-order chi connectivity index (χ0) is 15.5. The van der Waals surface area contributed by atoms with Gasteiger partial charge in [-0.2, -0.15) is 0 Å². The molecule has 6 heteroatoms. The Morgan fingerprint density at radius 1 is 1.45 bits per heavy atom. The Hall–Kier alpha value is -1.69. The van der Waals surface area contributed by atoms with E-state index in [0.29, 0.717) is 24.3 Å². The molecule has 1 aliphatic carbocycles. The highest BCUT2D eigenvalue weighted by Crippen LogP contribution is 2.23. The number of fused-ring (bicyclic) bond motifs is 1. The number of aryl methyl sites for hydroxylation is 1. The maximum atomic E-state index is 12.2. The number of carbonyl (C=O) groups excluding carboxylic acids is 1. The summed E-state index contributed by atoms with van der Waals surface area (Å²) in [4.78, 5) is 29.4. The van der Waals surface area contributed by atoms with Gasteiger partial charge in [0.1, 0.15) is 4.83 Å². The Labute approximate surface area is 133 Å². The number of carbonyl (C=O) groups is 1. The SMILES string of the molecule is CC1CCCCC1NC(=O)CCn1cnc2sccc2c1=O. The molecule has 0 spiro atoms. The van der Waals surface area contributed by atoms with E-state index in [9.17, 15) is 9.59 Å². The molecular formula is C16H21N3O2S. The highest BCUT2D eigenvalue weighted by atomic mass is 32.1. The van der Waals surface area contributed by atoms with Crippen LogP contribution in [-0.4, -0.2) is 21.5 Å². The molecule has 118 valence electrons. The van der Waals surface area contributed by atoms with E-state index in [-0.39, 0.29) is 17.5 Å². The Kier molecular flexibility index (Phi) is 4.57. The maximum Gasteiger partial charge on any atom is 0.262 e. The van der Waals surface area contributed by atoms with Crippen molar-refractivity contribution in [3.05, 3.63) is 28.1 Å². The number of hydrogen-bond acceptors (Lipinski definition) is 4. The summed E-state index contributed by atoms with van der Waals surface area (Å²) in [5, 5.41) is 5.61. The summed E-state index contributed by atoms with van der Waals surface area (Å²) >= 11 is 1.45. The first kappa shape index (κ1) is 15.2. The molecule has 0 aliphatic heterocycles. The fourth-order valence-corrected chi connectivity index (χ4v) is 3.81. The monoisotopic (exact) mass is 319 g/mol. The lowest BCUT2D eigenvalue weighted by Gasteiger charge is -2.29. The third-order valence-corrected chi connectivity index (χ3v) is 5.31. The van der Waals surface area contributed by atoms with Crippen LogP contribution in [0.4, 0.5) is 0 Å². The standard InChI is InChI=1S/C16H21N3O2S/c1-11-4-2-3-5-13(11)18-14(20)6-8-19-10-17-15-12(16(19)21)7-9-22-15/h7,9-11,13H,2-6,8H2,1H3,(H,18,20). The van der Waals surface area contributed by atoms with Gasteiger partial charge in [-0.15, -0.1) is 11.3 Å². The highest BCUT2D eigenvalue weighted by molar-refractivity contribution is 7.16. The van der Waals surface area contributed by atoms with E-state index in [4.69, 9.17) is 0 Å². The van der Waals surface area contributed by atoms with Gasteiger partial charge < -0.3 is 5.32 Å². The summed E-state index contributed by atoms with van der Waals surface area (Å²) in [7, 11) is 0. The summed E-state index contributed by atoms with van der Waals surface area (Å²) < 4.78 is 1.53. The van der Waals surface area contributed by atoms with Gasteiger partial charge in [-0.3, -0.25) is 14.2 Å². The van der Waals surface area contributed by atoms with Crippen LogP contribution < -0.4 is 10.9 Å². The first-order valence-electron chi connectivity index (χ1n) is 7.87. The molecule has 1 amide bonds. The van der Waals surface area contributed by atoms with Crippen LogP contribution in [0.2, 0.25) is 0 Å². The summed E-state index contributed by atoms with van der Waals surface area (Å²) in [6.07, 6.45) is 6.55. The van der Waals surface area contributed by atoms with Crippen molar-refractivity contribution >= 4 is 27.5 Å². The van der Waals surface area contributed by atoms with E-state index in [1.54, 1.807) is 6.07 Å². The number of amides is 1. The minimum atomic E-state index is -0.0647. The molecule has 2 aromatic rings. The van der Waals surface area contributed by atoms with Crippen LogP contribution in [0.1, 0.15) is 39.0 Å². The molecule has 0 bridgehead atoms. The van der Waals surface area contributed by atoms with Crippen molar-refractivity contribution in [2.75, 3.05) is 0 Å². The fourth-order valence-electron chi connectivity index (χ4n) is 3.08. The number of aromatic nitrogens is 2. The summed E-state index contributed by atoms with van der Waals surface area (Å²) in [5.74, 6) is 0.570. The van der Waals surface area contributed by atoms with Crippen molar-refractivity contribution in [2.45, 2.75) is 51.6 Å². The van der Waals surface area contributed by atoms with Gasteiger partial charge in [-0.1, -0.05) is 19.8 Å². The normalized spacial score (nSPS) is 21.9. The molecule has 0 saturated heterocycles. The molecule has 2 heterocycles. The second-order valence-corrected chi connectivity index (χ2v) is 6.96. The van der Waals surface area contributed by atoms with Crippen molar-refractivity contribution < 1.29 is 4.79 Å². The van der Waals surface area contributed by atoms with Crippen LogP contribution in [0.15, 0.2) is 22.6 Å². The lowest BCUT2D eigenvalue weighted by molar-refractivity contribution is -0.122. The van der Waals surface area contributed by atoms with Crippen molar-refractivity contribution in [2.24, 2.45) is 5.92 Å². The quantitative estimate of drug-likeness (QED) is 0.942. The lowest BCUT2D eigenvalue weighted by atomic mass is 9.86. The van der Waals surface area contributed by atoms with Crippen molar-refractivity contribution in [3.63, 3.8) is 0 Å². The van der Waals surface area contributed by atoms with Crippen LogP contribution >= 0.6 is 11.3 Å². The first-order valence-corrected chi connectivity index (χ1v) is 8.75. The number of nitrogens with zero attached hydrogens (tertiary/aromatic N) is 2. The summed E-state index contributed by atoms with van der Waals surface area (Å²) in [6.45, 7) is 2.58. The summed E-state index contributed by atoms with van der Waals surface area (Å²) in [6, 6.07) is 2.07. The predicted octanol–water partition coefficient (Wildman–Crippen LogP) is 2.54. The van der Waals surface area contributed by atoms with E-state index in [2.05, 4.69) is 17.2 Å². The Balaban J connectivity index is 1.60. The number of nitrogens with one attached hydrogen (secondary N) is 1. The first-order chi connectivity index (χ1) is 10.6. The van der Waals surface area contributed by atoms with Crippen molar-refractivity contribution in [3.8, 4) is 0 Å². The molecule has 0 radical (unpaired) electrons. The minimum Gasteiger partial charge on any atom is -0.353 e. The minimum absolute atomic E-state index is 0.0241. The fraction of sp³-hybridized carbons (Fsp3) is 0.562. The second kappa shape index (κ2) is 6.60. The predicted molar refractivity (Wildman–Crippen MR) is 88.1 cm³/mol. The molecule has 5 nitrogen and oxygen atoms in total. The Bertz CT molecular complexity index is 721. The molecule has 1 saturated carbocycles. The van der Waals surface area contributed by atoms with E-state index < -0.39 is 0 Å². The molecule has 2 aromatic heterocycles. The van der Waals surface area contributed by atoms with Gasteiger partial charge in [0.25, 0.3) is 5.56 Å². The van der Waals surface area contributed by atoms with Gasteiger partial charge in [-0.05, 0) is 30.2 Å². The number of rotatable bonds is 4. The van der Waals surface area contributed by atoms with Crippen LogP contribution in [0, 0.1) is 5.92 Å². The third kappa shape index (κ3) is 3.21. The lowest BCUT2D eigenvalue weighted by Crippen LogP contribution is -2.41. The number of thiophene rings is 1. The molecular weight excluding hydrogens is 298 g/mol. The van der Waals surface area contributed by atoms with Gasteiger partial charge in [0.15, 0.2) is 0 Å². The third-order valence-electron chi connectivity index (χ3n) is 4.49.